The minimum Gasteiger partial charge on any atom is -0.385 e. The Bertz CT molecular complexity index is 811. The van der Waals surface area contributed by atoms with E-state index in [-0.39, 0.29) is 24.0 Å². The number of guanidine groups is 1. The molecule has 8 nitrogen and oxygen atoms in total. The first-order chi connectivity index (χ1) is 14.7. The summed E-state index contributed by atoms with van der Waals surface area (Å²) in [5, 5.41) is 11.5. The number of nitrogens with zero attached hydrogens (tertiary/aromatic N) is 4. The number of rotatable bonds is 9. The number of hydrogen-bond acceptors (Lipinski definition) is 6. The average molecular weight is 563 g/mol. The van der Waals surface area contributed by atoms with Crippen molar-refractivity contribution in [3.63, 3.8) is 0 Å². The molecule has 1 aromatic heterocycles. The van der Waals surface area contributed by atoms with Gasteiger partial charge < -0.3 is 24.8 Å². The Hall–Kier alpha value is -1.43. The van der Waals surface area contributed by atoms with Crippen molar-refractivity contribution in [2.45, 2.75) is 38.8 Å². The minimum atomic E-state index is 0. The number of aliphatic imine (C=N–C) groups is 1. The number of likely N-dealkylation sites (tertiary alicyclic amines) is 1. The van der Waals surface area contributed by atoms with Gasteiger partial charge in [0.1, 0.15) is 6.54 Å². The quantitative estimate of drug-likeness (QED) is 0.209. The van der Waals surface area contributed by atoms with Crippen molar-refractivity contribution < 1.29 is 9.26 Å². The first-order valence-corrected chi connectivity index (χ1v) is 10.9. The third-order valence-electron chi connectivity index (χ3n) is 5.02. The molecule has 0 unspecified atom stereocenters. The van der Waals surface area contributed by atoms with E-state index in [4.69, 9.17) is 20.9 Å². The lowest BCUT2D eigenvalue weighted by Gasteiger charge is -2.33. The maximum absolute atomic E-state index is 6.04. The molecule has 0 atom stereocenters. The normalized spacial score (nSPS) is 15.5. The molecule has 0 radical (unpaired) electrons. The highest BCUT2D eigenvalue weighted by Crippen LogP contribution is 2.20. The second-order valence-corrected chi connectivity index (χ2v) is 7.76. The summed E-state index contributed by atoms with van der Waals surface area (Å²) in [6.45, 7) is 7.27. The number of halogens is 2. The van der Waals surface area contributed by atoms with Gasteiger partial charge in [0, 0.05) is 56.5 Å². The number of hydrogen-bond donors (Lipinski definition) is 2. The van der Waals surface area contributed by atoms with Crippen molar-refractivity contribution >= 4 is 41.5 Å². The van der Waals surface area contributed by atoms with E-state index in [9.17, 15) is 0 Å². The molecule has 1 fully saturated rings. The van der Waals surface area contributed by atoms with Crippen molar-refractivity contribution in [1.29, 1.82) is 0 Å². The van der Waals surface area contributed by atoms with Crippen molar-refractivity contribution in [2.75, 3.05) is 39.9 Å². The predicted molar refractivity (Wildman–Crippen MR) is 134 cm³/mol. The number of nitrogens with one attached hydrogen (secondary N) is 2. The molecule has 3 rings (SSSR count). The molecule has 0 aliphatic carbocycles. The molecule has 172 valence electrons. The fraction of sp³-hybridized carbons (Fsp3) is 0.571. The molecular formula is C21H32ClIN6O2. The van der Waals surface area contributed by atoms with Crippen molar-refractivity contribution in [2.24, 2.45) is 4.99 Å². The van der Waals surface area contributed by atoms with E-state index in [1.54, 1.807) is 7.11 Å². The largest absolute Gasteiger partial charge is 0.385 e. The lowest BCUT2D eigenvalue weighted by atomic mass is 10.1. The smallest absolute Gasteiger partial charge is 0.248 e. The van der Waals surface area contributed by atoms with Gasteiger partial charge in [-0.25, -0.2) is 4.99 Å². The lowest BCUT2D eigenvalue weighted by molar-refractivity contribution is 0.155. The van der Waals surface area contributed by atoms with E-state index < -0.39 is 0 Å². The van der Waals surface area contributed by atoms with E-state index in [1.807, 2.05) is 24.3 Å². The molecule has 31 heavy (non-hydrogen) atoms. The van der Waals surface area contributed by atoms with E-state index >= 15 is 0 Å². The minimum absolute atomic E-state index is 0. The Morgan fingerprint density at radius 3 is 2.87 bits per heavy atom. The first kappa shape index (κ1) is 25.8. The fourth-order valence-corrected chi connectivity index (χ4v) is 3.65. The summed E-state index contributed by atoms with van der Waals surface area (Å²) in [5.74, 6) is 1.76. The van der Waals surface area contributed by atoms with E-state index in [2.05, 4.69) is 37.6 Å². The Morgan fingerprint density at radius 1 is 1.35 bits per heavy atom. The van der Waals surface area contributed by atoms with Crippen LogP contribution in [0.5, 0.6) is 0 Å². The third-order valence-corrected chi connectivity index (χ3v) is 5.25. The standard InChI is InChI=1S/C21H31ClN6O2.HI/c1-3-23-21(25-18-8-11-28(12-9-18)10-5-13-29-2)24-15-19-26-20(27-30-19)16-6-4-7-17(22)14-16;/h4,6-7,14,18H,3,5,8-13,15H2,1-2H3,(H2,23,24,25);1H. The van der Waals surface area contributed by atoms with Crippen LogP contribution in [0.15, 0.2) is 33.8 Å². The fourth-order valence-electron chi connectivity index (χ4n) is 3.46. The molecule has 0 amide bonds. The molecule has 2 aromatic rings. The third kappa shape index (κ3) is 8.55. The first-order valence-electron chi connectivity index (χ1n) is 10.5. The van der Waals surface area contributed by atoms with Crippen molar-refractivity contribution in [1.82, 2.24) is 25.7 Å². The van der Waals surface area contributed by atoms with E-state index in [0.717, 1.165) is 63.6 Å². The Labute approximate surface area is 206 Å². The maximum Gasteiger partial charge on any atom is 0.248 e. The monoisotopic (exact) mass is 562 g/mol. The molecule has 0 spiro atoms. The van der Waals surface area contributed by atoms with E-state index in [1.165, 1.54) is 0 Å². The maximum atomic E-state index is 6.04. The molecule has 1 aliphatic rings. The number of methoxy groups -OCH3 is 1. The summed E-state index contributed by atoms with van der Waals surface area (Å²) in [5.41, 5.74) is 0.823. The van der Waals surface area contributed by atoms with Crippen LogP contribution in [0.2, 0.25) is 5.02 Å². The molecule has 1 saturated heterocycles. The van der Waals surface area contributed by atoms with Crippen molar-refractivity contribution in [3.05, 3.63) is 35.2 Å². The summed E-state index contributed by atoms with van der Waals surface area (Å²) in [4.78, 5) is 11.6. The Balaban J connectivity index is 0.00000341. The molecule has 0 bridgehead atoms. The predicted octanol–water partition coefficient (Wildman–Crippen LogP) is 3.56. The van der Waals surface area contributed by atoms with Gasteiger partial charge in [0.25, 0.3) is 0 Å². The van der Waals surface area contributed by atoms with Crippen LogP contribution in [-0.4, -0.2) is 66.9 Å². The van der Waals surface area contributed by atoms with Gasteiger partial charge in [-0.15, -0.1) is 24.0 Å². The van der Waals surface area contributed by atoms with Crippen LogP contribution < -0.4 is 10.6 Å². The Kier molecular flexibility index (Phi) is 11.6. The summed E-state index contributed by atoms with van der Waals surface area (Å²) < 4.78 is 10.5. The second kappa shape index (κ2) is 13.9. The van der Waals surface area contributed by atoms with Crippen LogP contribution in [0.1, 0.15) is 32.1 Å². The van der Waals surface area contributed by atoms with Gasteiger partial charge in [0.15, 0.2) is 5.96 Å². The molecule has 2 N–H and O–H groups in total. The van der Waals surface area contributed by atoms with Crippen LogP contribution >= 0.6 is 35.6 Å². The summed E-state index contributed by atoms with van der Waals surface area (Å²) in [7, 11) is 1.75. The van der Waals surface area contributed by atoms with Crippen molar-refractivity contribution in [3.8, 4) is 11.4 Å². The molecule has 1 aliphatic heterocycles. The van der Waals surface area contributed by atoms with Gasteiger partial charge in [-0.2, -0.15) is 4.98 Å². The topological polar surface area (TPSA) is 87.8 Å². The lowest BCUT2D eigenvalue weighted by Crippen LogP contribution is -2.48. The number of benzene rings is 1. The SMILES string of the molecule is CCNC(=NCc1nc(-c2cccc(Cl)c2)no1)NC1CCN(CCCOC)CC1.I. The Morgan fingerprint density at radius 2 is 2.16 bits per heavy atom. The zero-order chi connectivity index (χ0) is 21.2. The van der Waals surface area contributed by atoms with Gasteiger partial charge in [-0.05, 0) is 38.3 Å². The number of aromatic nitrogens is 2. The zero-order valence-corrected chi connectivity index (χ0v) is 21.2. The molecular weight excluding hydrogens is 531 g/mol. The highest BCUT2D eigenvalue weighted by atomic mass is 127. The van der Waals surface area contributed by atoms with Crippen LogP contribution in [0, 0.1) is 0 Å². The average Bonchev–Trinajstić information content (AvgIpc) is 3.23. The highest BCUT2D eigenvalue weighted by molar-refractivity contribution is 14.0. The highest BCUT2D eigenvalue weighted by Gasteiger charge is 2.19. The summed E-state index contributed by atoms with van der Waals surface area (Å²) in [6.07, 6.45) is 3.27. The van der Waals surface area contributed by atoms with E-state index in [0.29, 0.717) is 29.3 Å². The zero-order valence-electron chi connectivity index (χ0n) is 18.1. The van der Waals surface area contributed by atoms with Crippen LogP contribution in [0.25, 0.3) is 11.4 Å². The van der Waals surface area contributed by atoms with Crippen LogP contribution in [0.4, 0.5) is 0 Å². The van der Waals surface area contributed by atoms with Gasteiger partial charge >= 0.3 is 0 Å². The molecule has 0 saturated carbocycles. The molecule has 1 aromatic carbocycles. The summed E-state index contributed by atoms with van der Waals surface area (Å²) in [6, 6.07) is 7.80. The van der Waals surface area contributed by atoms with Crippen LogP contribution in [0.3, 0.4) is 0 Å². The van der Waals surface area contributed by atoms with Gasteiger partial charge in [0.05, 0.1) is 0 Å². The number of ether oxygens (including phenoxy) is 1. The number of piperidine rings is 1. The van der Waals surface area contributed by atoms with Gasteiger partial charge in [-0.1, -0.05) is 28.9 Å². The van der Waals surface area contributed by atoms with Crippen LogP contribution in [-0.2, 0) is 11.3 Å². The molecule has 10 heteroatoms. The second-order valence-electron chi connectivity index (χ2n) is 7.32. The molecule has 2 heterocycles. The summed E-state index contributed by atoms with van der Waals surface area (Å²) >= 11 is 6.04. The van der Waals surface area contributed by atoms with Gasteiger partial charge in [-0.3, -0.25) is 0 Å². The van der Waals surface area contributed by atoms with Gasteiger partial charge in [0.2, 0.25) is 11.7 Å².